The SMILES string of the molecule is Cc1cc(C(=O)NC(C)c2nc(-c3cccnc3)cs2)c(C)s1. The van der Waals surface area contributed by atoms with E-state index in [1.165, 1.54) is 0 Å². The van der Waals surface area contributed by atoms with Gasteiger partial charge in [-0.25, -0.2) is 4.98 Å². The van der Waals surface area contributed by atoms with E-state index in [1.807, 2.05) is 44.4 Å². The van der Waals surface area contributed by atoms with Gasteiger partial charge in [0.15, 0.2) is 0 Å². The van der Waals surface area contributed by atoms with Crippen LogP contribution in [0, 0.1) is 13.8 Å². The third-order valence-electron chi connectivity index (χ3n) is 3.48. The number of hydrogen-bond acceptors (Lipinski definition) is 5. The Hall–Kier alpha value is -2.05. The van der Waals surface area contributed by atoms with Crippen LogP contribution < -0.4 is 5.32 Å². The van der Waals surface area contributed by atoms with Gasteiger partial charge in [0, 0.05) is 33.1 Å². The Kier molecular flexibility index (Phi) is 4.54. The molecule has 1 amide bonds. The molecular formula is C17H17N3OS2. The fourth-order valence-electron chi connectivity index (χ4n) is 2.33. The zero-order chi connectivity index (χ0) is 16.4. The van der Waals surface area contributed by atoms with Crippen molar-refractivity contribution in [2.24, 2.45) is 0 Å². The second kappa shape index (κ2) is 6.60. The van der Waals surface area contributed by atoms with E-state index < -0.39 is 0 Å². The maximum absolute atomic E-state index is 12.4. The third kappa shape index (κ3) is 3.48. The Morgan fingerprint density at radius 3 is 2.83 bits per heavy atom. The lowest BCUT2D eigenvalue weighted by molar-refractivity contribution is 0.0939. The Labute approximate surface area is 143 Å². The molecule has 0 aliphatic rings. The second-order valence-electron chi connectivity index (χ2n) is 5.33. The largest absolute Gasteiger partial charge is 0.343 e. The van der Waals surface area contributed by atoms with Gasteiger partial charge in [-0.15, -0.1) is 22.7 Å². The summed E-state index contributed by atoms with van der Waals surface area (Å²) in [4.78, 5) is 23.3. The minimum Gasteiger partial charge on any atom is -0.343 e. The van der Waals surface area contributed by atoms with Crippen molar-refractivity contribution in [1.29, 1.82) is 0 Å². The average molecular weight is 343 g/mol. The van der Waals surface area contributed by atoms with Gasteiger partial charge in [-0.1, -0.05) is 0 Å². The number of aryl methyl sites for hydroxylation is 2. The molecule has 0 saturated carbocycles. The van der Waals surface area contributed by atoms with Gasteiger partial charge in [0.25, 0.3) is 5.91 Å². The van der Waals surface area contributed by atoms with E-state index in [4.69, 9.17) is 0 Å². The molecule has 0 aliphatic carbocycles. The summed E-state index contributed by atoms with van der Waals surface area (Å²) in [6.45, 7) is 5.94. The molecule has 3 heterocycles. The van der Waals surface area contributed by atoms with Crippen molar-refractivity contribution in [3.8, 4) is 11.3 Å². The maximum atomic E-state index is 12.4. The van der Waals surface area contributed by atoms with Crippen LogP contribution in [0.4, 0.5) is 0 Å². The van der Waals surface area contributed by atoms with Crippen LogP contribution in [0.15, 0.2) is 36.0 Å². The van der Waals surface area contributed by atoms with E-state index in [0.717, 1.165) is 31.6 Å². The van der Waals surface area contributed by atoms with Gasteiger partial charge in [0.1, 0.15) is 5.01 Å². The summed E-state index contributed by atoms with van der Waals surface area (Å²) >= 11 is 3.19. The summed E-state index contributed by atoms with van der Waals surface area (Å²) in [5.41, 5.74) is 2.63. The van der Waals surface area contributed by atoms with Crippen LogP contribution in [0.3, 0.4) is 0 Å². The van der Waals surface area contributed by atoms with Crippen LogP contribution in [0.5, 0.6) is 0 Å². The zero-order valence-corrected chi connectivity index (χ0v) is 14.8. The van der Waals surface area contributed by atoms with Gasteiger partial charge >= 0.3 is 0 Å². The Morgan fingerprint density at radius 2 is 2.17 bits per heavy atom. The molecule has 4 nitrogen and oxygen atoms in total. The first-order chi connectivity index (χ1) is 11.0. The molecule has 1 unspecified atom stereocenters. The number of amides is 1. The molecule has 0 radical (unpaired) electrons. The van der Waals surface area contributed by atoms with Crippen molar-refractivity contribution < 1.29 is 4.79 Å². The van der Waals surface area contributed by atoms with E-state index in [1.54, 1.807) is 35.1 Å². The highest BCUT2D eigenvalue weighted by Crippen LogP contribution is 2.26. The Bertz CT molecular complexity index is 823. The first-order valence-electron chi connectivity index (χ1n) is 7.28. The normalized spacial score (nSPS) is 12.1. The lowest BCUT2D eigenvalue weighted by Crippen LogP contribution is -2.26. The highest BCUT2D eigenvalue weighted by Gasteiger charge is 2.17. The van der Waals surface area contributed by atoms with Gasteiger partial charge in [-0.3, -0.25) is 9.78 Å². The van der Waals surface area contributed by atoms with Crippen molar-refractivity contribution in [1.82, 2.24) is 15.3 Å². The first kappa shape index (κ1) is 15.8. The summed E-state index contributed by atoms with van der Waals surface area (Å²) < 4.78 is 0. The molecule has 118 valence electrons. The second-order valence-corrected chi connectivity index (χ2v) is 7.68. The summed E-state index contributed by atoms with van der Waals surface area (Å²) in [5, 5.41) is 5.92. The molecule has 0 spiro atoms. The molecule has 0 fully saturated rings. The third-order valence-corrected chi connectivity index (χ3v) is 5.48. The molecule has 3 aromatic heterocycles. The molecule has 0 aromatic carbocycles. The van der Waals surface area contributed by atoms with Gasteiger partial charge in [0.05, 0.1) is 17.3 Å². The summed E-state index contributed by atoms with van der Waals surface area (Å²) in [5.74, 6) is -0.0440. The Balaban J connectivity index is 1.74. The number of pyridine rings is 1. The van der Waals surface area contributed by atoms with E-state index in [-0.39, 0.29) is 11.9 Å². The number of rotatable bonds is 4. The van der Waals surface area contributed by atoms with Gasteiger partial charge in [-0.2, -0.15) is 0 Å². The predicted molar refractivity (Wildman–Crippen MR) is 95.0 cm³/mol. The monoisotopic (exact) mass is 343 g/mol. The lowest BCUT2D eigenvalue weighted by atomic mass is 10.2. The van der Waals surface area contributed by atoms with Crippen molar-refractivity contribution in [2.75, 3.05) is 0 Å². The number of carbonyl (C=O) groups excluding carboxylic acids is 1. The molecule has 1 N–H and O–H groups in total. The van der Waals surface area contributed by atoms with Crippen molar-refractivity contribution in [2.45, 2.75) is 26.8 Å². The minimum absolute atomic E-state index is 0.0440. The number of thiazole rings is 1. The van der Waals surface area contributed by atoms with E-state index in [9.17, 15) is 4.79 Å². The standard InChI is InChI=1S/C17H17N3OS2/c1-10-7-14(12(3)23-10)16(21)19-11(2)17-20-15(9-22-17)13-5-4-6-18-8-13/h4-9,11H,1-3H3,(H,19,21). The molecule has 3 aromatic rings. The molecule has 0 saturated heterocycles. The molecule has 23 heavy (non-hydrogen) atoms. The van der Waals surface area contributed by atoms with Crippen LogP contribution in [0.25, 0.3) is 11.3 Å². The number of aromatic nitrogens is 2. The number of carbonyl (C=O) groups is 1. The van der Waals surface area contributed by atoms with Gasteiger partial charge in [0.2, 0.25) is 0 Å². The van der Waals surface area contributed by atoms with Crippen molar-refractivity contribution >= 4 is 28.6 Å². The topological polar surface area (TPSA) is 54.9 Å². The minimum atomic E-state index is -0.127. The van der Waals surface area contributed by atoms with Crippen molar-refractivity contribution in [3.05, 3.63) is 56.3 Å². The van der Waals surface area contributed by atoms with Gasteiger partial charge in [-0.05, 0) is 39.0 Å². The summed E-state index contributed by atoms with van der Waals surface area (Å²) in [6, 6.07) is 5.68. The van der Waals surface area contributed by atoms with Crippen LogP contribution in [0.2, 0.25) is 0 Å². The smallest absolute Gasteiger partial charge is 0.252 e. The number of nitrogens with zero attached hydrogens (tertiary/aromatic N) is 2. The molecular weight excluding hydrogens is 326 g/mol. The van der Waals surface area contributed by atoms with Crippen molar-refractivity contribution in [3.63, 3.8) is 0 Å². The molecule has 3 rings (SSSR count). The lowest BCUT2D eigenvalue weighted by Gasteiger charge is -2.11. The summed E-state index contributed by atoms with van der Waals surface area (Å²) in [6.07, 6.45) is 3.53. The molecule has 6 heteroatoms. The highest BCUT2D eigenvalue weighted by atomic mass is 32.1. The Morgan fingerprint density at radius 1 is 1.35 bits per heavy atom. The average Bonchev–Trinajstić information content (AvgIpc) is 3.15. The molecule has 0 bridgehead atoms. The number of thiophene rings is 1. The fourth-order valence-corrected chi connectivity index (χ4v) is 4.08. The van der Waals surface area contributed by atoms with E-state index in [0.29, 0.717) is 0 Å². The first-order valence-corrected chi connectivity index (χ1v) is 8.98. The highest BCUT2D eigenvalue weighted by molar-refractivity contribution is 7.12. The van der Waals surface area contributed by atoms with E-state index >= 15 is 0 Å². The fraction of sp³-hybridized carbons (Fsp3) is 0.235. The quantitative estimate of drug-likeness (QED) is 0.765. The van der Waals surface area contributed by atoms with Crippen LogP contribution in [-0.4, -0.2) is 15.9 Å². The van der Waals surface area contributed by atoms with Crippen LogP contribution >= 0.6 is 22.7 Å². The maximum Gasteiger partial charge on any atom is 0.252 e. The number of hydrogen-bond donors (Lipinski definition) is 1. The zero-order valence-electron chi connectivity index (χ0n) is 13.2. The van der Waals surface area contributed by atoms with Gasteiger partial charge < -0.3 is 5.32 Å². The van der Waals surface area contributed by atoms with Crippen LogP contribution in [0.1, 0.15) is 38.1 Å². The molecule has 0 aliphatic heterocycles. The van der Waals surface area contributed by atoms with E-state index in [2.05, 4.69) is 15.3 Å². The summed E-state index contributed by atoms with van der Waals surface area (Å²) in [7, 11) is 0. The van der Waals surface area contributed by atoms with Crippen LogP contribution in [-0.2, 0) is 0 Å². The predicted octanol–water partition coefficient (Wildman–Crippen LogP) is 4.37. The molecule has 1 atom stereocenters. The number of nitrogens with one attached hydrogen (secondary N) is 1.